The Labute approximate surface area is 179 Å². The van der Waals surface area contributed by atoms with E-state index >= 15 is 0 Å². The SMILES string of the molecule is CCC(CC)C(=O)N1CCC(c2ccn3ncc(C(=O)N4CCCCC4)c3c2)CC1. The van der Waals surface area contributed by atoms with Crippen LogP contribution in [-0.4, -0.2) is 57.4 Å². The number of carbonyl (C=O) groups is 2. The Morgan fingerprint density at radius 3 is 2.40 bits per heavy atom. The third-order valence-electron chi connectivity index (χ3n) is 7.03. The highest BCUT2D eigenvalue weighted by atomic mass is 16.2. The molecular weight excluding hydrogens is 376 g/mol. The van der Waals surface area contributed by atoms with E-state index in [0.29, 0.717) is 17.4 Å². The van der Waals surface area contributed by atoms with Crippen molar-refractivity contribution in [3.05, 3.63) is 35.7 Å². The van der Waals surface area contributed by atoms with Gasteiger partial charge in [-0.1, -0.05) is 13.8 Å². The van der Waals surface area contributed by atoms with Crippen LogP contribution in [0.2, 0.25) is 0 Å². The van der Waals surface area contributed by atoms with Crippen LogP contribution in [0.3, 0.4) is 0 Å². The molecule has 2 aliphatic heterocycles. The summed E-state index contributed by atoms with van der Waals surface area (Å²) >= 11 is 0. The second-order valence-corrected chi connectivity index (χ2v) is 8.81. The Balaban J connectivity index is 1.48. The molecule has 2 fully saturated rings. The average Bonchev–Trinajstić information content (AvgIpc) is 3.23. The fourth-order valence-corrected chi connectivity index (χ4v) is 5.01. The molecule has 4 heterocycles. The van der Waals surface area contributed by atoms with Crippen LogP contribution in [0.1, 0.15) is 80.6 Å². The maximum atomic E-state index is 13.0. The smallest absolute Gasteiger partial charge is 0.257 e. The number of carbonyl (C=O) groups excluding carboxylic acids is 2. The van der Waals surface area contributed by atoms with Crippen LogP contribution in [0.25, 0.3) is 5.52 Å². The number of hydrogen-bond donors (Lipinski definition) is 0. The molecule has 4 rings (SSSR count). The summed E-state index contributed by atoms with van der Waals surface area (Å²) in [7, 11) is 0. The Morgan fingerprint density at radius 2 is 1.73 bits per heavy atom. The molecule has 6 nitrogen and oxygen atoms in total. The van der Waals surface area contributed by atoms with E-state index in [2.05, 4.69) is 36.0 Å². The van der Waals surface area contributed by atoms with E-state index in [0.717, 1.165) is 70.2 Å². The van der Waals surface area contributed by atoms with Gasteiger partial charge in [0.05, 0.1) is 17.3 Å². The highest BCUT2D eigenvalue weighted by Gasteiger charge is 2.28. The van der Waals surface area contributed by atoms with Crippen LogP contribution < -0.4 is 0 Å². The zero-order valence-electron chi connectivity index (χ0n) is 18.3. The second-order valence-electron chi connectivity index (χ2n) is 8.81. The van der Waals surface area contributed by atoms with E-state index < -0.39 is 0 Å². The summed E-state index contributed by atoms with van der Waals surface area (Å²) in [5.74, 6) is 1.01. The molecule has 0 radical (unpaired) electrons. The molecule has 2 aliphatic rings. The number of fused-ring (bicyclic) bond motifs is 1. The predicted octanol–water partition coefficient (Wildman–Crippen LogP) is 4.10. The van der Waals surface area contributed by atoms with Crippen molar-refractivity contribution in [1.82, 2.24) is 19.4 Å². The molecule has 0 aromatic carbocycles. The number of nitrogens with zero attached hydrogens (tertiary/aromatic N) is 4. The molecule has 0 bridgehead atoms. The Morgan fingerprint density at radius 1 is 1.03 bits per heavy atom. The lowest BCUT2D eigenvalue weighted by molar-refractivity contribution is -0.136. The Hall–Kier alpha value is -2.37. The number of rotatable bonds is 5. The summed E-state index contributed by atoms with van der Waals surface area (Å²) in [5.41, 5.74) is 2.86. The number of piperidine rings is 2. The summed E-state index contributed by atoms with van der Waals surface area (Å²) in [6.45, 7) is 7.54. The summed E-state index contributed by atoms with van der Waals surface area (Å²) < 4.78 is 1.81. The van der Waals surface area contributed by atoms with Gasteiger partial charge >= 0.3 is 0 Å². The van der Waals surface area contributed by atoms with Gasteiger partial charge in [0.15, 0.2) is 0 Å². The molecule has 2 amide bonds. The van der Waals surface area contributed by atoms with Gasteiger partial charge in [-0.3, -0.25) is 9.59 Å². The van der Waals surface area contributed by atoms with Crippen LogP contribution in [-0.2, 0) is 4.79 Å². The molecule has 2 saturated heterocycles. The molecule has 0 aliphatic carbocycles. The molecule has 0 atom stereocenters. The third-order valence-corrected chi connectivity index (χ3v) is 7.03. The number of hydrogen-bond acceptors (Lipinski definition) is 3. The first kappa shape index (κ1) is 20.9. The van der Waals surface area contributed by atoms with Gasteiger partial charge in [0.1, 0.15) is 0 Å². The highest BCUT2D eigenvalue weighted by Crippen LogP contribution is 2.30. The number of likely N-dealkylation sites (tertiary alicyclic amines) is 2. The van der Waals surface area contributed by atoms with E-state index in [4.69, 9.17) is 0 Å². The fourth-order valence-electron chi connectivity index (χ4n) is 5.01. The largest absolute Gasteiger partial charge is 0.342 e. The molecule has 162 valence electrons. The number of amides is 2. The van der Waals surface area contributed by atoms with E-state index in [1.54, 1.807) is 6.20 Å². The first-order valence-electron chi connectivity index (χ1n) is 11.7. The van der Waals surface area contributed by atoms with E-state index in [1.165, 1.54) is 12.0 Å². The summed E-state index contributed by atoms with van der Waals surface area (Å²) in [6.07, 6.45) is 10.9. The van der Waals surface area contributed by atoms with Gasteiger partial charge in [-0.05, 0) is 68.6 Å². The maximum Gasteiger partial charge on any atom is 0.257 e. The van der Waals surface area contributed by atoms with Gasteiger partial charge in [-0.15, -0.1) is 0 Å². The minimum absolute atomic E-state index is 0.104. The summed E-state index contributed by atoms with van der Waals surface area (Å²) in [5, 5.41) is 4.41. The quantitative estimate of drug-likeness (QED) is 0.746. The zero-order valence-corrected chi connectivity index (χ0v) is 18.3. The second kappa shape index (κ2) is 9.19. The van der Waals surface area contributed by atoms with Crippen molar-refractivity contribution in [2.75, 3.05) is 26.2 Å². The van der Waals surface area contributed by atoms with Crippen LogP contribution in [0.4, 0.5) is 0 Å². The molecule has 0 unspecified atom stereocenters. The van der Waals surface area contributed by atoms with Crippen LogP contribution in [0.5, 0.6) is 0 Å². The van der Waals surface area contributed by atoms with Crippen molar-refractivity contribution < 1.29 is 9.59 Å². The summed E-state index contributed by atoms with van der Waals surface area (Å²) in [4.78, 5) is 29.7. The lowest BCUT2D eigenvalue weighted by Crippen LogP contribution is -2.41. The topological polar surface area (TPSA) is 57.9 Å². The van der Waals surface area contributed by atoms with Crippen LogP contribution >= 0.6 is 0 Å². The van der Waals surface area contributed by atoms with Crippen molar-refractivity contribution in [1.29, 1.82) is 0 Å². The lowest BCUT2D eigenvalue weighted by Gasteiger charge is -2.34. The molecule has 0 saturated carbocycles. The van der Waals surface area contributed by atoms with Crippen molar-refractivity contribution in [2.24, 2.45) is 5.92 Å². The van der Waals surface area contributed by atoms with E-state index in [9.17, 15) is 9.59 Å². The third kappa shape index (κ3) is 4.09. The van der Waals surface area contributed by atoms with Gasteiger partial charge in [0, 0.05) is 38.3 Å². The molecule has 6 heteroatoms. The minimum atomic E-state index is 0.104. The maximum absolute atomic E-state index is 13.0. The lowest BCUT2D eigenvalue weighted by atomic mass is 9.88. The van der Waals surface area contributed by atoms with Gasteiger partial charge < -0.3 is 9.80 Å². The molecule has 0 spiro atoms. The first-order chi connectivity index (χ1) is 14.6. The fraction of sp³-hybridized carbons (Fsp3) is 0.625. The predicted molar refractivity (Wildman–Crippen MR) is 118 cm³/mol. The summed E-state index contributed by atoms with van der Waals surface area (Å²) in [6, 6.07) is 4.27. The first-order valence-corrected chi connectivity index (χ1v) is 11.7. The Kier molecular flexibility index (Phi) is 6.40. The van der Waals surface area contributed by atoms with Crippen LogP contribution in [0.15, 0.2) is 24.5 Å². The molecule has 0 N–H and O–H groups in total. The normalized spacial score (nSPS) is 18.4. The standard InChI is InChI=1S/C24H34N4O2/c1-3-18(4-2)23(29)27-13-8-19(9-14-27)20-10-15-28-22(16-20)21(17-25-28)24(30)26-11-6-5-7-12-26/h10,15-19H,3-9,11-14H2,1-2H3. The van der Waals surface area contributed by atoms with Crippen molar-refractivity contribution in [2.45, 2.75) is 64.7 Å². The minimum Gasteiger partial charge on any atom is -0.342 e. The number of aromatic nitrogens is 2. The van der Waals surface area contributed by atoms with Gasteiger partial charge in [-0.2, -0.15) is 5.10 Å². The molecule has 2 aromatic heterocycles. The monoisotopic (exact) mass is 410 g/mol. The van der Waals surface area contributed by atoms with Gasteiger partial charge in [-0.25, -0.2) is 4.52 Å². The zero-order chi connectivity index (χ0) is 21.1. The van der Waals surface area contributed by atoms with Gasteiger partial charge in [0.2, 0.25) is 5.91 Å². The molecular formula is C24H34N4O2. The van der Waals surface area contributed by atoms with Gasteiger partial charge in [0.25, 0.3) is 5.91 Å². The average molecular weight is 411 g/mol. The molecule has 30 heavy (non-hydrogen) atoms. The van der Waals surface area contributed by atoms with E-state index in [1.807, 2.05) is 15.6 Å². The molecule has 2 aromatic rings. The number of pyridine rings is 1. The van der Waals surface area contributed by atoms with Crippen LogP contribution in [0, 0.1) is 5.92 Å². The van der Waals surface area contributed by atoms with Crippen molar-refractivity contribution >= 4 is 17.3 Å². The Bertz CT molecular complexity index is 888. The van der Waals surface area contributed by atoms with Crippen molar-refractivity contribution in [3.63, 3.8) is 0 Å². The van der Waals surface area contributed by atoms with E-state index in [-0.39, 0.29) is 11.8 Å². The highest BCUT2D eigenvalue weighted by molar-refractivity contribution is 6.00. The van der Waals surface area contributed by atoms with Crippen molar-refractivity contribution in [3.8, 4) is 0 Å².